The van der Waals surface area contributed by atoms with Gasteiger partial charge in [0, 0.05) is 12.1 Å². The summed E-state index contributed by atoms with van der Waals surface area (Å²) >= 11 is 0. The summed E-state index contributed by atoms with van der Waals surface area (Å²) in [6.45, 7) is 8.09. The molecule has 2 aromatic rings. The standard InChI is InChI=1S/C24H30BNO6/c1-23(2)24(3,4)32-25(31-23)19(14-18-12-9-13-20(29-5)21(18)27)15-26-22(28)30-16-17-10-7-6-8-11-17/h6-14,27H,15-16H2,1-5H3,(H,26,28). The normalized spacial score (nSPS) is 17.2. The van der Waals surface area contributed by atoms with Crippen LogP contribution in [0.25, 0.3) is 6.08 Å². The van der Waals surface area contributed by atoms with E-state index in [2.05, 4.69) is 5.32 Å². The Morgan fingerprint density at radius 2 is 1.72 bits per heavy atom. The summed E-state index contributed by atoms with van der Waals surface area (Å²) in [6.07, 6.45) is 1.17. The molecule has 7 nitrogen and oxygen atoms in total. The smallest absolute Gasteiger partial charge is 0.492 e. The Labute approximate surface area is 189 Å². The number of methoxy groups -OCH3 is 1. The Hall–Kier alpha value is -2.97. The van der Waals surface area contributed by atoms with E-state index >= 15 is 0 Å². The quantitative estimate of drug-likeness (QED) is 0.625. The molecule has 170 valence electrons. The molecule has 1 aliphatic heterocycles. The number of benzene rings is 2. The molecule has 0 bridgehead atoms. The van der Waals surface area contributed by atoms with Crippen LogP contribution in [-0.2, 0) is 20.7 Å². The van der Waals surface area contributed by atoms with Crippen molar-refractivity contribution >= 4 is 19.3 Å². The van der Waals surface area contributed by atoms with E-state index in [1.165, 1.54) is 7.11 Å². The summed E-state index contributed by atoms with van der Waals surface area (Å²) in [4.78, 5) is 12.3. The van der Waals surface area contributed by atoms with Crippen molar-refractivity contribution in [3.05, 3.63) is 65.1 Å². The summed E-state index contributed by atoms with van der Waals surface area (Å²) < 4.78 is 22.8. The fourth-order valence-corrected chi connectivity index (χ4v) is 3.17. The molecule has 0 aliphatic carbocycles. The van der Waals surface area contributed by atoms with Gasteiger partial charge < -0.3 is 29.2 Å². The van der Waals surface area contributed by atoms with Gasteiger partial charge in [0.1, 0.15) is 6.61 Å². The largest absolute Gasteiger partial charge is 0.504 e. The first-order valence-electron chi connectivity index (χ1n) is 10.5. The predicted octanol–water partition coefficient (Wildman–Crippen LogP) is 4.34. The van der Waals surface area contributed by atoms with Gasteiger partial charge in [-0.2, -0.15) is 0 Å². The molecule has 0 saturated carbocycles. The zero-order chi connectivity index (χ0) is 23.4. The van der Waals surface area contributed by atoms with Crippen molar-refractivity contribution < 1.29 is 28.7 Å². The second-order valence-corrected chi connectivity index (χ2v) is 8.62. The number of nitrogens with one attached hydrogen (secondary N) is 1. The SMILES string of the molecule is COc1cccc(C=C(CNC(=O)OCc2ccccc2)B2OC(C)(C)C(C)(C)O2)c1O. The summed E-state index contributed by atoms with van der Waals surface area (Å²) in [6, 6.07) is 14.6. The number of amides is 1. The molecule has 8 heteroatoms. The zero-order valence-electron chi connectivity index (χ0n) is 19.2. The summed E-state index contributed by atoms with van der Waals surface area (Å²) in [5, 5.41) is 13.3. The van der Waals surface area contributed by atoms with E-state index in [1.807, 2.05) is 58.0 Å². The average molecular weight is 439 g/mol. The molecule has 32 heavy (non-hydrogen) atoms. The molecule has 1 heterocycles. The number of alkyl carbamates (subject to hydrolysis) is 1. The maximum atomic E-state index is 12.3. The van der Waals surface area contributed by atoms with E-state index in [0.717, 1.165) is 5.56 Å². The minimum Gasteiger partial charge on any atom is -0.504 e. The number of ether oxygens (including phenoxy) is 2. The molecular formula is C24H30BNO6. The van der Waals surface area contributed by atoms with Crippen molar-refractivity contribution in [1.29, 1.82) is 0 Å². The van der Waals surface area contributed by atoms with Gasteiger partial charge in [-0.05, 0) is 44.8 Å². The number of phenols is 1. The van der Waals surface area contributed by atoms with Gasteiger partial charge in [0.15, 0.2) is 11.5 Å². The van der Waals surface area contributed by atoms with Crippen LogP contribution in [0.2, 0.25) is 0 Å². The first kappa shape index (κ1) is 23.7. The number of aromatic hydroxyl groups is 1. The van der Waals surface area contributed by atoms with Gasteiger partial charge >= 0.3 is 13.2 Å². The van der Waals surface area contributed by atoms with Crippen LogP contribution in [0, 0.1) is 0 Å². The average Bonchev–Trinajstić information content (AvgIpc) is 2.98. The topological polar surface area (TPSA) is 86.3 Å². The summed E-state index contributed by atoms with van der Waals surface area (Å²) in [5.41, 5.74) is 0.935. The van der Waals surface area contributed by atoms with Crippen LogP contribution < -0.4 is 10.1 Å². The molecule has 0 spiro atoms. The van der Waals surface area contributed by atoms with Crippen LogP contribution in [0.4, 0.5) is 4.79 Å². The highest BCUT2D eigenvalue weighted by Crippen LogP contribution is 2.39. The minimum atomic E-state index is -0.708. The molecular weight excluding hydrogens is 409 g/mol. The number of carbonyl (C=O) groups excluding carboxylic acids is 1. The Morgan fingerprint density at radius 3 is 2.34 bits per heavy atom. The molecule has 1 amide bonds. The minimum absolute atomic E-state index is 0.00401. The van der Waals surface area contributed by atoms with Crippen molar-refractivity contribution in [3.8, 4) is 11.5 Å². The molecule has 0 atom stereocenters. The van der Waals surface area contributed by atoms with Crippen molar-refractivity contribution in [3.63, 3.8) is 0 Å². The molecule has 1 aliphatic rings. The highest BCUT2D eigenvalue weighted by molar-refractivity contribution is 6.56. The molecule has 2 aromatic carbocycles. The molecule has 3 rings (SSSR count). The number of carbonyl (C=O) groups is 1. The summed E-state index contributed by atoms with van der Waals surface area (Å²) in [5.74, 6) is 0.345. The molecule has 1 fully saturated rings. The third kappa shape index (κ3) is 5.44. The fraction of sp³-hybridized carbons (Fsp3) is 0.375. The second kappa shape index (κ2) is 9.67. The Kier molecular flexibility index (Phi) is 7.16. The fourth-order valence-electron chi connectivity index (χ4n) is 3.17. The molecule has 0 aromatic heterocycles. The van der Waals surface area contributed by atoms with Gasteiger partial charge in [-0.15, -0.1) is 0 Å². The third-order valence-corrected chi connectivity index (χ3v) is 5.80. The van der Waals surface area contributed by atoms with Crippen LogP contribution in [0.15, 0.2) is 54.0 Å². The van der Waals surface area contributed by atoms with Crippen LogP contribution in [0.5, 0.6) is 11.5 Å². The van der Waals surface area contributed by atoms with E-state index in [1.54, 1.807) is 24.3 Å². The molecule has 2 N–H and O–H groups in total. The van der Waals surface area contributed by atoms with Crippen molar-refractivity contribution in [1.82, 2.24) is 5.32 Å². The number of hydrogen-bond acceptors (Lipinski definition) is 6. The van der Waals surface area contributed by atoms with Crippen LogP contribution >= 0.6 is 0 Å². The Bertz CT molecular complexity index is 958. The van der Waals surface area contributed by atoms with E-state index in [9.17, 15) is 9.90 Å². The van der Waals surface area contributed by atoms with Gasteiger partial charge in [0.25, 0.3) is 0 Å². The maximum Gasteiger partial charge on any atom is 0.492 e. The van der Waals surface area contributed by atoms with E-state index < -0.39 is 24.4 Å². The lowest BCUT2D eigenvalue weighted by atomic mass is 9.77. The lowest BCUT2D eigenvalue weighted by Crippen LogP contribution is -2.41. The van der Waals surface area contributed by atoms with Crippen LogP contribution in [-0.4, -0.2) is 43.2 Å². The Balaban J connectivity index is 1.78. The van der Waals surface area contributed by atoms with Crippen molar-refractivity contribution in [2.24, 2.45) is 0 Å². The Morgan fingerprint density at radius 1 is 1.06 bits per heavy atom. The van der Waals surface area contributed by atoms with Crippen molar-refractivity contribution in [2.45, 2.75) is 45.5 Å². The van der Waals surface area contributed by atoms with Gasteiger partial charge in [-0.3, -0.25) is 0 Å². The third-order valence-electron chi connectivity index (χ3n) is 5.80. The maximum absolute atomic E-state index is 12.3. The number of phenolic OH excluding ortho intramolecular Hbond substituents is 1. The summed E-state index contributed by atoms with van der Waals surface area (Å²) in [7, 11) is 0.780. The van der Waals surface area contributed by atoms with Gasteiger partial charge in [0.05, 0.1) is 18.3 Å². The molecule has 0 unspecified atom stereocenters. The highest BCUT2D eigenvalue weighted by Gasteiger charge is 2.52. The van der Waals surface area contributed by atoms with Crippen LogP contribution in [0.1, 0.15) is 38.8 Å². The zero-order valence-corrected chi connectivity index (χ0v) is 19.2. The second-order valence-electron chi connectivity index (χ2n) is 8.62. The predicted molar refractivity (Wildman–Crippen MR) is 123 cm³/mol. The van der Waals surface area contributed by atoms with Crippen LogP contribution in [0.3, 0.4) is 0 Å². The lowest BCUT2D eigenvalue weighted by Gasteiger charge is -2.32. The highest BCUT2D eigenvalue weighted by atomic mass is 16.7. The lowest BCUT2D eigenvalue weighted by molar-refractivity contribution is 0.00578. The van der Waals surface area contributed by atoms with Gasteiger partial charge in [-0.25, -0.2) is 4.79 Å². The van der Waals surface area contributed by atoms with Gasteiger partial charge in [0.2, 0.25) is 0 Å². The van der Waals surface area contributed by atoms with Crippen molar-refractivity contribution in [2.75, 3.05) is 13.7 Å². The molecule has 1 saturated heterocycles. The number of hydrogen-bond donors (Lipinski definition) is 2. The monoisotopic (exact) mass is 439 g/mol. The number of rotatable bonds is 7. The first-order valence-corrected chi connectivity index (χ1v) is 10.5. The first-order chi connectivity index (χ1) is 15.1. The number of para-hydroxylation sites is 1. The van der Waals surface area contributed by atoms with E-state index in [-0.39, 0.29) is 18.9 Å². The molecule has 0 radical (unpaired) electrons. The van der Waals surface area contributed by atoms with Gasteiger partial charge in [-0.1, -0.05) is 48.5 Å². The van der Waals surface area contributed by atoms with E-state index in [0.29, 0.717) is 16.8 Å². The van der Waals surface area contributed by atoms with E-state index in [4.69, 9.17) is 18.8 Å².